The van der Waals surface area contributed by atoms with E-state index in [0.717, 1.165) is 6.42 Å². The Balaban J connectivity index is 4.17. The highest BCUT2D eigenvalue weighted by atomic mass is 32.2. The first-order valence-electron chi connectivity index (χ1n) is 5.11. The van der Waals surface area contributed by atoms with Crippen LogP contribution in [0.4, 0.5) is 0 Å². The van der Waals surface area contributed by atoms with Gasteiger partial charge in [-0.15, -0.1) is 0 Å². The van der Waals surface area contributed by atoms with Crippen LogP contribution >= 0.6 is 0 Å². The molecule has 5 heteroatoms. The second-order valence-corrected chi connectivity index (χ2v) is 5.87. The Morgan fingerprint density at radius 2 is 1.93 bits per heavy atom. The molecular formula is C9H22N2O2S. The smallest absolute Gasteiger partial charge is 0.211 e. The fraction of sp³-hybridized carbons (Fsp3) is 1.00. The maximum Gasteiger partial charge on any atom is 0.211 e. The summed E-state index contributed by atoms with van der Waals surface area (Å²) in [5.41, 5.74) is 5.50. The molecule has 14 heavy (non-hydrogen) atoms. The maximum atomic E-state index is 11.4. The highest BCUT2D eigenvalue weighted by molar-refractivity contribution is 7.89. The van der Waals surface area contributed by atoms with Crippen LogP contribution in [0.5, 0.6) is 0 Å². The van der Waals surface area contributed by atoms with Crippen molar-refractivity contribution in [3.8, 4) is 0 Å². The Bertz CT molecular complexity index is 237. The Kier molecular flexibility index (Phi) is 6.31. The third kappa shape index (κ3) is 6.34. The van der Waals surface area contributed by atoms with E-state index in [-0.39, 0.29) is 11.8 Å². The fourth-order valence-electron chi connectivity index (χ4n) is 1.34. The number of hydrogen-bond donors (Lipinski definition) is 2. The zero-order valence-electron chi connectivity index (χ0n) is 9.29. The molecule has 0 radical (unpaired) electrons. The van der Waals surface area contributed by atoms with Crippen molar-refractivity contribution in [3.63, 3.8) is 0 Å². The molecule has 0 aromatic heterocycles. The first-order chi connectivity index (χ1) is 6.41. The van der Waals surface area contributed by atoms with Gasteiger partial charge in [0, 0.05) is 12.6 Å². The van der Waals surface area contributed by atoms with E-state index >= 15 is 0 Å². The number of sulfonamides is 1. The molecular weight excluding hydrogens is 200 g/mol. The molecule has 0 aliphatic carbocycles. The lowest BCUT2D eigenvalue weighted by molar-refractivity contribution is 0.465. The summed E-state index contributed by atoms with van der Waals surface area (Å²) in [6, 6.07) is -0.119. The summed E-state index contributed by atoms with van der Waals surface area (Å²) in [7, 11) is -3.12. The maximum absolute atomic E-state index is 11.4. The second-order valence-electron chi connectivity index (χ2n) is 4.00. The standard InChI is InChI=1S/C9H22N2O2S/c1-4-5-14(12,13)11-9(7-10)6-8(2)3/h8-9,11H,4-7,10H2,1-3H3. The van der Waals surface area contributed by atoms with Crippen LogP contribution in [-0.2, 0) is 10.0 Å². The van der Waals surface area contributed by atoms with Crippen LogP contribution in [0.2, 0.25) is 0 Å². The highest BCUT2D eigenvalue weighted by Crippen LogP contribution is 2.05. The molecule has 4 nitrogen and oxygen atoms in total. The lowest BCUT2D eigenvalue weighted by Crippen LogP contribution is -2.41. The molecule has 0 amide bonds. The Morgan fingerprint density at radius 1 is 1.36 bits per heavy atom. The van der Waals surface area contributed by atoms with Crippen molar-refractivity contribution in [2.75, 3.05) is 12.3 Å². The van der Waals surface area contributed by atoms with Gasteiger partial charge in [0.15, 0.2) is 0 Å². The summed E-state index contributed by atoms with van der Waals surface area (Å²) in [5.74, 6) is 0.634. The van der Waals surface area contributed by atoms with Crippen LogP contribution < -0.4 is 10.5 Å². The van der Waals surface area contributed by atoms with E-state index in [4.69, 9.17) is 5.73 Å². The zero-order chi connectivity index (χ0) is 11.2. The van der Waals surface area contributed by atoms with Crippen molar-refractivity contribution in [2.45, 2.75) is 39.7 Å². The molecule has 0 aliphatic heterocycles. The minimum atomic E-state index is -3.12. The van der Waals surface area contributed by atoms with Crippen LogP contribution in [0.25, 0.3) is 0 Å². The van der Waals surface area contributed by atoms with Gasteiger partial charge in [-0.3, -0.25) is 0 Å². The van der Waals surface area contributed by atoms with Gasteiger partial charge in [-0.2, -0.15) is 0 Å². The van der Waals surface area contributed by atoms with Crippen LogP contribution in [0.1, 0.15) is 33.6 Å². The van der Waals surface area contributed by atoms with Crippen LogP contribution in [-0.4, -0.2) is 26.8 Å². The van der Waals surface area contributed by atoms with E-state index in [0.29, 0.717) is 18.9 Å². The number of rotatable bonds is 7. The summed E-state index contributed by atoms with van der Waals surface area (Å²) in [4.78, 5) is 0. The monoisotopic (exact) mass is 222 g/mol. The van der Waals surface area contributed by atoms with Gasteiger partial charge < -0.3 is 5.73 Å². The minimum Gasteiger partial charge on any atom is -0.329 e. The molecule has 0 aliphatic rings. The van der Waals surface area contributed by atoms with Crippen molar-refractivity contribution in [1.29, 1.82) is 0 Å². The van der Waals surface area contributed by atoms with Crippen molar-refractivity contribution in [2.24, 2.45) is 11.7 Å². The quantitative estimate of drug-likeness (QED) is 0.665. The number of nitrogens with two attached hydrogens (primary N) is 1. The van der Waals surface area contributed by atoms with Gasteiger partial charge in [-0.25, -0.2) is 13.1 Å². The summed E-state index contributed by atoms with van der Waals surface area (Å²) in [6.07, 6.45) is 1.42. The third-order valence-electron chi connectivity index (χ3n) is 1.86. The molecule has 0 saturated carbocycles. The van der Waals surface area contributed by atoms with Crippen LogP contribution in [0.3, 0.4) is 0 Å². The van der Waals surface area contributed by atoms with Gasteiger partial charge in [0.05, 0.1) is 5.75 Å². The molecule has 3 N–H and O–H groups in total. The normalized spacial score (nSPS) is 14.6. The minimum absolute atomic E-state index is 0.119. The average molecular weight is 222 g/mol. The Hall–Kier alpha value is -0.130. The zero-order valence-corrected chi connectivity index (χ0v) is 10.1. The third-order valence-corrected chi connectivity index (χ3v) is 3.50. The first-order valence-corrected chi connectivity index (χ1v) is 6.76. The Morgan fingerprint density at radius 3 is 2.29 bits per heavy atom. The summed E-state index contributed by atoms with van der Waals surface area (Å²) in [6.45, 7) is 6.31. The van der Waals surface area contributed by atoms with Crippen molar-refractivity contribution in [1.82, 2.24) is 4.72 Å². The average Bonchev–Trinajstić information content (AvgIpc) is 2.01. The molecule has 0 aromatic carbocycles. The molecule has 1 atom stereocenters. The molecule has 1 unspecified atom stereocenters. The largest absolute Gasteiger partial charge is 0.329 e. The predicted octanol–water partition coefficient (Wildman–Crippen LogP) is 0.689. The van der Waals surface area contributed by atoms with Gasteiger partial charge in [0.2, 0.25) is 10.0 Å². The number of nitrogens with one attached hydrogen (secondary N) is 1. The summed E-state index contributed by atoms with van der Waals surface area (Å²) >= 11 is 0. The van der Waals surface area contributed by atoms with Gasteiger partial charge in [-0.1, -0.05) is 20.8 Å². The van der Waals surface area contributed by atoms with Gasteiger partial charge in [0.1, 0.15) is 0 Å². The van der Waals surface area contributed by atoms with Gasteiger partial charge in [0.25, 0.3) is 0 Å². The Labute approximate surface area is 87.3 Å². The molecule has 0 rings (SSSR count). The second kappa shape index (κ2) is 6.37. The van der Waals surface area contributed by atoms with Crippen LogP contribution in [0.15, 0.2) is 0 Å². The van der Waals surface area contributed by atoms with E-state index in [1.807, 2.05) is 6.92 Å². The summed E-state index contributed by atoms with van der Waals surface area (Å²) < 4.78 is 25.5. The molecule has 0 bridgehead atoms. The van der Waals surface area contributed by atoms with Gasteiger partial charge in [-0.05, 0) is 18.8 Å². The topological polar surface area (TPSA) is 72.2 Å². The van der Waals surface area contributed by atoms with Crippen LogP contribution in [0, 0.1) is 5.92 Å². The van der Waals surface area contributed by atoms with E-state index in [1.54, 1.807) is 0 Å². The van der Waals surface area contributed by atoms with Crippen molar-refractivity contribution >= 4 is 10.0 Å². The fourth-order valence-corrected chi connectivity index (χ4v) is 2.70. The van der Waals surface area contributed by atoms with E-state index < -0.39 is 10.0 Å². The highest BCUT2D eigenvalue weighted by Gasteiger charge is 2.16. The van der Waals surface area contributed by atoms with Crippen molar-refractivity contribution < 1.29 is 8.42 Å². The molecule has 0 saturated heterocycles. The van der Waals surface area contributed by atoms with Gasteiger partial charge >= 0.3 is 0 Å². The molecule has 0 aromatic rings. The molecule has 0 heterocycles. The SMILES string of the molecule is CCCS(=O)(=O)NC(CN)CC(C)C. The summed E-state index contributed by atoms with van der Waals surface area (Å²) in [5, 5.41) is 0. The number of hydrogen-bond acceptors (Lipinski definition) is 3. The molecule has 0 spiro atoms. The molecule has 0 fully saturated rings. The van der Waals surface area contributed by atoms with Crippen molar-refractivity contribution in [3.05, 3.63) is 0 Å². The van der Waals surface area contributed by atoms with E-state index in [1.165, 1.54) is 0 Å². The lowest BCUT2D eigenvalue weighted by Gasteiger charge is -2.18. The lowest BCUT2D eigenvalue weighted by atomic mass is 10.1. The van der Waals surface area contributed by atoms with E-state index in [9.17, 15) is 8.42 Å². The van der Waals surface area contributed by atoms with E-state index in [2.05, 4.69) is 18.6 Å². The first kappa shape index (κ1) is 13.9. The predicted molar refractivity (Wildman–Crippen MR) is 59.5 cm³/mol. The molecule has 86 valence electrons.